The number of hydrogen-bond acceptors (Lipinski definition) is 3. The molecule has 1 aromatic carbocycles. The Morgan fingerprint density at radius 1 is 1.40 bits per heavy atom. The van der Waals surface area contributed by atoms with Crippen LogP contribution in [-0.4, -0.2) is 28.3 Å². The highest BCUT2D eigenvalue weighted by atomic mass is 16.2. The van der Waals surface area contributed by atoms with E-state index < -0.39 is 0 Å². The van der Waals surface area contributed by atoms with Gasteiger partial charge in [-0.15, -0.1) is 0 Å². The lowest BCUT2D eigenvalue weighted by Crippen LogP contribution is -2.39. The number of nitrogens with zero attached hydrogens (tertiary/aromatic N) is 2. The van der Waals surface area contributed by atoms with Crippen molar-refractivity contribution in [1.29, 1.82) is 0 Å². The predicted molar refractivity (Wildman–Crippen MR) is 76.4 cm³/mol. The van der Waals surface area contributed by atoms with Crippen LogP contribution in [0.1, 0.15) is 18.4 Å². The molecule has 0 saturated carbocycles. The maximum absolute atomic E-state index is 11.9. The number of amides is 1. The molecule has 0 aliphatic carbocycles. The number of hydrogen-bond donors (Lipinski definition) is 2. The Bertz CT molecular complexity index is 573. The van der Waals surface area contributed by atoms with Gasteiger partial charge in [0.05, 0.1) is 17.9 Å². The van der Waals surface area contributed by atoms with Crippen molar-refractivity contribution in [2.75, 3.05) is 6.54 Å². The first-order valence-corrected chi connectivity index (χ1v) is 6.93. The smallest absolute Gasteiger partial charge is 0.237 e. The standard InChI is InChI=1S/C15H18N4O/c20-15(14-7-4-8-16-14)17-9-12-10-18-19(11-12)13-5-2-1-3-6-13/h1-3,5-6,10-11,14,16H,4,7-9H2,(H,17,20)/t14-/m1/s1. The van der Waals surface area contributed by atoms with Gasteiger partial charge in [-0.25, -0.2) is 4.68 Å². The molecule has 1 saturated heterocycles. The van der Waals surface area contributed by atoms with Gasteiger partial charge in [-0.05, 0) is 31.5 Å². The molecular weight excluding hydrogens is 252 g/mol. The van der Waals surface area contributed by atoms with Gasteiger partial charge in [0, 0.05) is 18.3 Å². The second kappa shape index (κ2) is 5.88. The van der Waals surface area contributed by atoms with Crippen LogP contribution in [0.3, 0.4) is 0 Å². The number of para-hydroxylation sites is 1. The van der Waals surface area contributed by atoms with Crippen molar-refractivity contribution in [1.82, 2.24) is 20.4 Å². The van der Waals surface area contributed by atoms with Gasteiger partial charge in [0.2, 0.25) is 5.91 Å². The Hall–Kier alpha value is -2.14. The van der Waals surface area contributed by atoms with Crippen LogP contribution in [0.15, 0.2) is 42.7 Å². The Labute approximate surface area is 118 Å². The van der Waals surface area contributed by atoms with E-state index in [0.717, 1.165) is 30.6 Å². The summed E-state index contributed by atoms with van der Waals surface area (Å²) in [5, 5.41) is 10.5. The normalized spacial score (nSPS) is 18.1. The summed E-state index contributed by atoms with van der Waals surface area (Å²) in [6, 6.07) is 9.89. The largest absolute Gasteiger partial charge is 0.351 e. The number of carbonyl (C=O) groups is 1. The van der Waals surface area contributed by atoms with Crippen LogP contribution in [0.5, 0.6) is 0 Å². The van der Waals surface area contributed by atoms with Gasteiger partial charge < -0.3 is 10.6 Å². The lowest BCUT2D eigenvalue weighted by Gasteiger charge is -2.09. The second-order valence-corrected chi connectivity index (χ2v) is 5.00. The quantitative estimate of drug-likeness (QED) is 0.879. The van der Waals surface area contributed by atoms with Gasteiger partial charge in [0.25, 0.3) is 0 Å². The molecule has 1 atom stereocenters. The molecule has 0 unspecified atom stereocenters. The van der Waals surface area contributed by atoms with Crippen molar-refractivity contribution in [2.24, 2.45) is 0 Å². The van der Waals surface area contributed by atoms with E-state index in [1.807, 2.05) is 41.2 Å². The van der Waals surface area contributed by atoms with E-state index >= 15 is 0 Å². The Balaban J connectivity index is 1.59. The van der Waals surface area contributed by atoms with E-state index in [1.54, 1.807) is 6.20 Å². The predicted octanol–water partition coefficient (Wildman–Crippen LogP) is 1.24. The fraction of sp³-hybridized carbons (Fsp3) is 0.333. The van der Waals surface area contributed by atoms with Crippen LogP contribution in [0.25, 0.3) is 5.69 Å². The fourth-order valence-electron chi connectivity index (χ4n) is 2.39. The molecular formula is C15H18N4O. The van der Waals surface area contributed by atoms with Crippen molar-refractivity contribution < 1.29 is 4.79 Å². The van der Waals surface area contributed by atoms with Crippen LogP contribution in [0, 0.1) is 0 Å². The van der Waals surface area contributed by atoms with Crippen molar-refractivity contribution in [2.45, 2.75) is 25.4 Å². The molecule has 0 bridgehead atoms. The first kappa shape index (κ1) is 12.9. The number of carbonyl (C=O) groups excluding carboxylic acids is 1. The van der Waals surface area contributed by atoms with Gasteiger partial charge in [-0.2, -0.15) is 5.10 Å². The maximum Gasteiger partial charge on any atom is 0.237 e. The molecule has 0 radical (unpaired) electrons. The van der Waals surface area contributed by atoms with E-state index in [-0.39, 0.29) is 11.9 Å². The summed E-state index contributed by atoms with van der Waals surface area (Å²) in [4.78, 5) is 11.9. The maximum atomic E-state index is 11.9. The molecule has 1 fully saturated rings. The summed E-state index contributed by atoms with van der Waals surface area (Å²) in [6.07, 6.45) is 5.73. The number of rotatable bonds is 4. The molecule has 1 aromatic heterocycles. The minimum Gasteiger partial charge on any atom is -0.351 e. The number of nitrogens with one attached hydrogen (secondary N) is 2. The lowest BCUT2D eigenvalue weighted by atomic mass is 10.2. The highest BCUT2D eigenvalue weighted by Crippen LogP contribution is 2.08. The second-order valence-electron chi connectivity index (χ2n) is 5.00. The number of aromatic nitrogens is 2. The van der Waals surface area contributed by atoms with E-state index in [1.165, 1.54) is 0 Å². The first-order chi connectivity index (χ1) is 9.83. The van der Waals surface area contributed by atoms with Crippen LogP contribution in [-0.2, 0) is 11.3 Å². The van der Waals surface area contributed by atoms with Crippen LogP contribution in [0.4, 0.5) is 0 Å². The number of benzene rings is 1. The zero-order valence-corrected chi connectivity index (χ0v) is 11.2. The molecule has 0 spiro atoms. The molecule has 5 nitrogen and oxygen atoms in total. The van der Waals surface area contributed by atoms with E-state index in [0.29, 0.717) is 6.54 Å². The topological polar surface area (TPSA) is 59.0 Å². The molecule has 1 aliphatic rings. The van der Waals surface area contributed by atoms with Crippen molar-refractivity contribution >= 4 is 5.91 Å². The molecule has 2 N–H and O–H groups in total. The molecule has 104 valence electrons. The first-order valence-electron chi connectivity index (χ1n) is 6.93. The summed E-state index contributed by atoms with van der Waals surface area (Å²) in [6.45, 7) is 1.45. The summed E-state index contributed by atoms with van der Waals surface area (Å²) >= 11 is 0. The van der Waals surface area contributed by atoms with E-state index in [2.05, 4.69) is 15.7 Å². The minimum absolute atomic E-state index is 0.0285. The van der Waals surface area contributed by atoms with Gasteiger partial charge >= 0.3 is 0 Å². The van der Waals surface area contributed by atoms with Gasteiger partial charge in [-0.1, -0.05) is 18.2 Å². The van der Waals surface area contributed by atoms with Crippen molar-refractivity contribution in [3.05, 3.63) is 48.3 Å². The van der Waals surface area contributed by atoms with Gasteiger partial charge in [0.1, 0.15) is 0 Å². The Kier molecular flexibility index (Phi) is 3.78. The molecule has 1 amide bonds. The highest BCUT2D eigenvalue weighted by Gasteiger charge is 2.21. The van der Waals surface area contributed by atoms with Crippen molar-refractivity contribution in [3.63, 3.8) is 0 Å². The third-order valence-corrected chi connectivity index (χ3v) is 3.50. The Morgan fingerprint density at radius 2 is 2.25 bits per heavy atom. The third kappa shape index (κ3) is 2.88. The Morgan fingerprint density at radius 3 is 3.00 bits per heavy atom. The summed E-state index contributed by atoms with van der Waals surface area (Å²) in [5.74, 6) is 0.0787. The molecule has 1 aliphatic heterocycles. The molecule has 2 aromatic rings. The van der Waals surface area contributed by atoms with E-state index in [9.17, 15) is 4.79 Å². The van der Waals surface area contributed by atoms with Gasteiger partial charge in [0.15, 0.2) is 0 Å². The monoisotopic (exact) mass is 270 g/mol. The van der Waals surface area contributed by atoms with Gasteiger partial charge in [-0.3, -0.25) is 4.79 Å². The summed E-state index contributed by atoms with van der Waals surface area (Å²) in [7, 11) is 0. The fourth-order valence-corrected chi connectivity index (χ4v) is 2.39. The average Bonchev–Trinajstić information content (AvgIpc) is 3.17. The van der Waals surface area contributed by atoms with E-state index in [4.69, 9.17) is 0 Å². The average molecular weight is 270 g/mol. The van der Waals surface area contributed by atoms with Crippen LogP contribution < -0.4 is 10.6 Å². The molecule has 5 heteroatoms. The lowest BCUT2D eigenvalue weighted by molar-refractivity contribution is -0.122. The SMILES string of the molecule is O=C(NCc1cnn(-c2ccccc2)c1)[C@H]1CCCN1. The highest BCUT2D eigenvalue weighted by molar-refractivity contribution is 5.81. The third-order valence-electron chi connectivity index (χ3n) is 3.50. The van der Waals surface area contributed by atoms with Crippen molar-refractivity contribution in [3.8, 4) is 5.69 Å². The van der Waals surface area contributed by atoms with Crippen LogP contribution in [0.2, 0.25) is 0 Å². The summed E-state index contributed by atoms with van der Waals surface area (Å²) in [5.41, 5.74) is 2.02. The zero-order chi connectivity index (χ0) is 13.8. The molecule has 20 heavy (non-hydrogen) atoms. The summed E-state index contributed by atoms with van der Waals surface area (Å²) < 4.78 is 1.81. The minimum atomic E-state index is -0.0285. The molecule has 2 heterocycles. The zero-order valence-electron chi connectivity index (χ0n) is 11.2. The van der Waals surface area contributed by atoms with Crippen LogP contribution >= 0.6 is 0 Å². The molecule has 3 rings (SSSR count).